The van der Waals surface area contributed by atoms with E-state index in [2.05, 4.69) is 17.6 Å². The molecule has 3 rings (SSSR count). The van der Waals surface area contributed by atoms with Gasteiger partial charge in [0, 0.05) is 6.42 Å². The first kappa shape index (κ1) is 18.1. The van der Waals surface area contributed by atoms with Crippen LogP contribution >= 0.6 is 0 Å². The van der Waals surface area contributed by atoms with E-state index in [1.54, 1.807) is 11.0 Å². The molecular weight excluding hydrogens is 326 g/mol. The standard InChI is InChI=1S/C21H25N3O2/c1-2-22-15-9-3-4-14-20(25)24-18-12-7-5-10-16(18)21(26)23-17-11-6-8-13-19(17)24/h5-8,10-13,22H,2-4,9,14-15H2,1H3,(H,23,26). The summed E-state index contributed by atoms with van der Waals surface area (Å²) in [4.78, 5) is 27.3. The van der Waals surface area contributed by atoms with Crippen molar-refractivity contribution in [3.05, 3.63) is 54.1 Å². The highest BCUT2D eigenvalue weighted by Gasteiger charge is 2.28. The van der Waals surface area contributed by atoms with Crippen LogP contribution in [0, 0.1) is 0 Å². The number of hydrogen-bond donors (Lipinski definition) is 2. The lowest BCUT2D eigenvalue weighted by molar-refractivity contribution is -0.118. The molecule has 5 nitrogen and oxygen atoms in total. The van der Waals surface area contributed by atoms with Crippen LogP contribution in [0.5, 0.6) is 0 Å². The van der Waals surface area contributed by atoms with E-state index in [9.17, 15) is 9.59 Å². The van der Waals surface area contributed by atoms with E-state index in [4.69, 9.17) is 0 Å². The van der Waals surface area contributed by atoms with E-state index in [1.165, 1.54) is 0 Å². The predicted molar refractivity (Wildman–Crippen MR) is 105 cm³/mol. The minimum absolute atomic E-state index is 0.0184. The Labute approximate surface area is 154 Å². The van der Waals surface area contributed by atoms with Crippen LogP contribution in [0.15, 0.2) is 48.5 Å². The summed E-state index contributed by atoms with van der Waals surface area (Å²) in [6.45, 7) is 4.05. The Hall–Kier alpha value is -2.66. The molecule has 0 saturated carbocycles. The molecule has 0 spiro atoms. The van der Waals surface area contributed by atoms with Gasteiger partial charge in [0.05, 0.1) is 22.6 Å². The first-order valence-electron chi connectivity index (χ1n) is 9.25. The zero-order chi connectivity index (χ0) is 18.4. The largest absolute Gasteiger partial charge is 0.320 e. The summed E-state index contributed by atoms with van der Waals surface area (Å²) in [5, 5.41) is 6.21. The van der Waals surface area contributed by atoms with E-state index < -0.39 is 0 Å². The molecule has 136 valence electrons. The lowest BCUT2D eigenvalue weighted by atomic mass is 10.1. The minimum Gasteiger partial charge on any atom is -0.320 e. The molecule has 0 saturated heterocycles. The van der Waals surface area contributed by atoms with Crippen molar-refractivity contribution in [2.75, 3.05) is 23.3 Å². The second-order valence-electron chi connectivity index (χ2n) is 6.38. The summed E-state index contributed by atoms with van der Waals surface area (Å²) in [6, 6.07) is 14.7. The van der Waals surface area contributed by atoms with Crippen LogP contribution in [0.25, 0.3) is 0 Å². The molecule has 0 bridgehead atoms. The molecule has 0 fully saturated rings. The van der Waals surface area contributed by atoms with Crippen LogP contribution in [-0.2, 0) is 4.79 Å². The maximum absolute atomic E-state index is 13.0. The molecule has 2 aromatic carbocycles. The fourth-order valence-electron chi connectivity index (χ4n) is 3.21. The highest BCUT2D eigenvalue weighted by molar-refractivity contribution is 6.17. The average Bonchev–Trinajstić information content (AvgIpc) is 2.78. The molecule has 2 aromatic rings. The van der Waals surface area contributed by atoms with Crippen LogP contribution < -0.4 is 15.5 Å². The van der Waals surface area contributed by atoms with E-state index >= 15 is 0 Å². The fraction of sp³-hybridized carbons (Fsp3) is 0.333. The molecular formula is C21H25N3O2. The molecule has 0 aromatic heterocycles. The molecule has 1 heterocycles. The number of carbonyl (C=O) groups is 2. The van der Waals surface area contributed by atoms with Gasteiger partial charge in [-0.25, -0.2) is 0 Å². The minimum atomic E-state index is -0.186. The average molecular weight is 351 g/mol. The quantitative estimate of drug-likeness (QED) is 0.739. The first-order valence-corrected chi connectivity index (χ1v) is 9.25. The van der Waals surface area contributed by atoms with Crippen molar-refractivity contribution < 1.29 is 9.59 Å². The monoisotopic (exact) mass is 351 g/mol. The molecule has 1 aliphatic rings. The van der Waals surface area contributed by atoms with Gasteiger partial charge in [-0.15, -0.1) is 0 Å². The Balaban J connectivity index is 1.82. The Bertz CT molecular complexity index is 788. The van der Waals surface area contributed by atoms with Gasteiger partial charge in [0.2, 0.25) is 5.91 Å². The highest BCUT2D eigenvalue weighted by Crippen LogP contribution is 2.38. The predicted octanol–water partition coefficient (Wildman–Crippen LogP) is 4.09. The molecule has 2 amide bonds. The number of unbranched alkanes of at least 4 members (excludes halogenated alkanes) is 2. The van der Waals surface area contributed by atoms with Gasteiger partial charge in [-0.05, 0) is 50.2 Å². The van der Waals surface area contributed by atoms with Gasteiger partial charge in [-0.3, -0.25) is 14.5 Å². The number of rotatable bonds is 7. The van der Waals surface area contributed by atoms with Gasteiger partial charge in [-0.2, -0.15) is 0 Å². The lowest BCUT2D eigenvalue weighted by Crippen LogP contribution is -2.26. The Morgan fingerprint density at radius 1 is 1.00 bits per heavy atom. The van der Waals surface area contributed by atoms with E-state index in [0.29, 0.717) is 23.4 Å². The number of fused-ring (bicyclic) bond motifs is 2. The number of anilines is 3. The first-order chi connectivity index (χ1) is 12.7. The van der Waals surface area contributed by atoms with Crippen LogP contribution in [0.2, 0.25) is 0 Å². The second kappa shape index (κ2) is 8.63. The Kier molecular flexibility index (Phi) is 6.02. The number of amides is 2. The van der Waals surface area contributed by atoms with Gasteiger partial charge in [-0.1, -0.05) is 37.6 Å². The number of hydrogen-bond acceptors (Lipinski definition) is 3. The maximum atomic E-state index is 13.0. The van der Waals surface area contributed by atoms with Crippen LogP contribution in [0.1, 0.15) is 43.0 Å². The summed E-state index contributed by atoms with van der Waals surface area (Å²) in [5.41, 5.74) is 2.55. The van der Waals surface area contributed by atoms with Crippen LogP contribution in [-0.4, -0.2) is 24.9 Å². The summed E-state index contributed by atoms with van der Waals surface area (Å²) in [6.07, 6.45) is 3.37. The number of carbonyl (C=O) groups excluding carboxylic acids is 2. The van der Waals surface area contributed by atoms with E-state index in [-0.39, 0.29) is 11.8 Å². The SMILES string of the molecule is CCNCCCCCC(=O)N1c2ccccc2NC(=O)c2ccccc21. The molecule has 0 atom stereocenters. The number of nitrogens with zero attached hydrogens (tertiary/aromatic N) is 1. The Morgan fingerprint density at radius 3 is 2.54 bits per heavy atom. The molecule has 0 unspecified atom stereocenters. The highest BCUT2D eigenvalue weighted by atomic mass is 16.2. The molecule has 5 heteroatoms. The van der Waals surface area contributed by atoms with Gasteiger partial charge >= 0.3 is 0 Å². The number of para-hydroxylation sites is 3. The molecule has 0 radical (unpaired) electrons. The van der Waals surface area contributed by atoms with Crippen LogP contribution in [0.4, 0.5) is 17.1 Å². The van der Waals surface area contributed by atoms with Crippen molar-refractivity contribution in [3.8, 4) is 0 Å². The van der Waals surface area contributed by atoms with Gasteiger partial charge in [0.15, 0.2) is 0 Å². The van der Waals surface area contributed by atoms with Crippen molar-refractivity contribution in [2.24, 2.45) is 0 Å². The second-order valence-corrected chi connectivity index (χ2v) is 6.38. The third-order valence-corrected chi connectivity index (χ3v) is 4.53. The van der Waals surface area contributed by atoms with Gasteiger partial charge in [0.25, 0.3) is 5.91 Å². The van der Waals surface area contributed by atoms with Gasteiger partial charge in [0.1, 0.15) is 0 Å². The zero-order valence-electron chi connectivity index (χ0n) is 15.1. The Morgan fingerprint density at radius 2 is 1.73 bits per heavy atom. The normalized spacial score (nSPS) is 12.8. The molecule has 2 N–H and O–H groups in total. The van der Waals surface area contributed by atoms with Crippen molar-refractivity contribution in [3.63, 3.8) is 0 Å². The van der Waals surface area contributed by atoms with Crippen LogP contribution in [0.3, 0.4) is 0 Å². The van der Waals surface area contributed by atoms with Gasteiger partial charge < -0.3 is 10.6 Å². The smallest absolute Gasteiger partial charge is 0.257 e. The summed E-state index contributed by atoms with van der Waals surface area (Å²) in [7, 11) is 0. The van der Waals surface area contributed by atoms with Crippen molar-refractivity contribution >= 4 is 28.9 Å². The number of benzene rings is 2. The number of nitrogens with one attached hydrogen (secondary N) is 2. The van der Waals surface area contributed by atoms with Crippen molar-refractivity contribution in [1.82, 2.24) is 5.32 Å². The van der Waals surface area contributed by atoms with Crippen molar-refractivity contribution in [1.29, 1.82) is 0 Å². The maximum Gasteiger partial charge on any atom is 0.257 e. The third kappa shape index (κ3) is 3.94. The third-order valence-electron chi connectivity index (χ3n) is 4.53. The summed E-state index contributed by atoms with van der Waals surface area (Å²) < 4.78 is 0. The molecule has 0 aliphatic carbocycles. The topological polar surface area (TPSA) is 61.4 Å². The molecule has 26 heavy (non-hydrogen) atoms. The fourth-order valence-corrected chi connectivity index (χ4v) is 3.21. The zero-order valence-corrected chi connectivity index (χ0v) is 15.1. The van der Waals surface area contributed by atoms with E-state index in [1.807, 2.05) is 42.5 Å². The molecule has 1 aliphatic heterocycles. The van der Waals surface area contributed by atoms with Crippen molar-refractivity contribution in [2.45, 2.75) is 32.6 Å². The lowest BCUT2D eigenvalue weighted by Gasteiger charge is -2.24. The summed E-state index contributed by atoms with van der Waals surface area (Å²) >= 11 is 0. The van der Waals surface area contributed by atoms with E-state index in [0.717, 1.165) is 38.0 Å². The summed E-state index contributed by atoms with van der Waals surface area (Å²) in [5.74, 6) is -0.168.